The maximum Gasteiger partial charge on any atom is 0.255 e. The molecule has 1 saturated carbocycles. The minimum Gasteiger partial charge on any atom is -0.490 e. The molecule has 4 aromatic rings. The maximum absolute atomic E-state index is 13.0. The second kappa shape index (κ2) is 10.9. The Bertz CT molecular complexity index is 1590. The second-order valence-corrected chi connectivity index (χ2v) is 11.0. The topological polar surface area (TPSA) is 136 Å². The predicted octanol–water partition coefficient (Wildman–Crippen LogP) is 4.27. The number of piperidine rings is 1. The summed E-state index contributed by atoms with van der Waals surface area (Å²) in [4.78, 5) is 31.7. The number of nitrogens with zero attached hydrogens (tertiary/aromatic N) is 4. The number of aromatic nitrogens is 3. The van der Waals surface area contributed by atoms with Crippen LogP contribution in [0.1, 0.15) is 61.5 Å². The molecule has 3 atom stereocenters. The molecule has 2 aromatic carbocycles. The first kappa shape index (κ1) is 26.8. The highest BCUT2D eigenvalue weighted by Gasteiger charge is 2.34. The molecule has 10 heteroatoms. The summed E-state index contributed by atoms with van der Waals surface area (Å²) in [5, 5.41) is 18.7. The molecule has 41 heavy (non-hydrogen) atoms. The molecule has 2 amide bonds. The molecule has 6 rings (SSSR count). The van der Waals surface area contributed by atoms with Crippen molar-refractivity contribution in [2.45, 2.75) is 63.7 Å². The van der Waals surface area contributed by atoms with Gasteiger partial charge in [-0.25, -0.2) is 9.67 Å². The lowest BCUT2D eigenvalue weighted by Crippen LogP contribution is -2.48. The van der Waals surface area contributed by atoms with Crippen LogP contribution in [0.25, 0.3) is 16.6 Å². The summed E-state index contributed by atoms with van der Waals surface area (Å²) in [6.45, 7) is 3.97. The number of rotatable bonds is 7. The fourth-order valence-electron chi connectivity index (χ4n) is 5.46. The Morgan fingerprint density at radius 1 is 1.10 bits per heavy atom. The Labute approximate surface area is 238 Å². The molecule has 1 aliphatic heterocycles. The number of nitrogens with two attached hydrogens (primary N) is 1. The zero-order chi connectivity index (χ0) is 28.7. The van der Waals surface area contributed by atoms with E-state index in [-0.39, 0.29) is 29.9 Å². The Morgan fingerprint density at radius 3 is 2.61 bits per heavy atom. The standard InChI is InChI=1S/C31H34N6O4/c1-18-6-7-21(17-36(18)31(40)19(2)38)27-26-14-15-33-29(32)28(26)37(35-27)23-10-8-20(9-11-23)30(39)34-22-4-3-5-25(16-22)41-24-12-13-24/h3-5,8-11,14-16,18-19,21,24,38H,6-7,12-13,17H2,1-2H3,(H2,32,33)(H,34,39)/t18-,19?,21+/m0/s1. The van der Waals surface area contributed by atoms with Crippen molar-refractivity contribution in [3.05, 3.63) is 72.1 Å². The summed E-state index contributed by atoms with van der Waals surface area (Å²) in [7, 11) is 0. The molecule has 1 unspecified atom stereocenters. The summed E-state index contributed by atoms with van der Waals surface area (Å²) in [6.07, 6.45) is 4.68. The first-order chi connectivity index (χ1) is 19.8. The van der Waals surface area contributed by atoms with E-state index in [0.29, 0.717) is 29.1 Å². The zero-order valence-corrected chi connectivity index (χ0v) is 23.2. The highest BCUT2D eigenvalue weighted by molar-refractivity contribution is 6.04. The third-order valence-corrected chi connectivity index (χ3v) is 7.85. The predicted molar refractivity (Wildman–Crippen MR) is 156 cm³/mol. The van der Waals surface area contributed by atoms with E-state index in [0.717, 1.165) is 48.2 Å². The van der Waals surface area contributed by atoms with Gasteiger partial charge in [-0.05, 0) is 82.0 Å². The fourth-order valence-corrected chi connectivity index (χ4v) is 5.46. The van der Waals surface area contributed by atoms with Crippen molar-refractivity contribution in [2.75, 3.05) is 17.6 Å². The van der Waals surface area contributed by atoms with Crippen LogP contribution in [0.15, 0.2) is 60.8 Å². The van der Waals surface area contributed by atoms with E-state index in [1.54, 1.807) is 27.9 Å². The van der Waals surface area contributed by atoms with Gasteiger partial charge >= 0.3 is 0 Å². The van der Waals surface area contributed by atoms with Gasteiger partial charge in [0, 0.05) is 47.4 Å². The third-order valence-electron chi connectivity index (χ3n) is 7.85. The molecular weight excluding hydrogens is 520 g/mol. The number of pyridine rings is 1. The molecule has 212 valence electrons. The van der Waals surface area contributed by atoms with Crippen LogP contribution in [-0.4, -0.2) is 61.4 Å². The Kier molecular flexibility index (Phi) is 7.08. The smallest absolute Gasteiger partial charge is 0.255 e. The molecule has 0 bridgehead atoms. The second-order valence-electron chi connectivity index (χ2n) is 11.0. The fraction of sp³-hybridized carbons (Fsp3) is 0.355. The molecule has 1 saturated heterocycles. The van der Waals surface area contributed by atoms with Crippen LogP contribution in [0.2, 0.25) is 0 Å². The number of hydrogen-bond acceptors (Lipinski definition) is 7. The van der Waals surface area contributed by atoms with Crippen LogP contribution in [0.5, 0.6) is 5.75 Å². The number of aliphatic hydroxyl groups is 1. The average molecular weight is 555 g/mol. The summed E-state index contributed by atoms with van der Waals surface area (Å²) in [5.74, 6) is 0.565. The Morgan fingerprint density at radius 2 is 1.88 bits per heavy atom. The summed E-state index contributed by atoms with van der Waals surface area (Å²) >= 11 is 0. The van der Waals surface area contributed by atoms with Crippen LogP contribution in [0.4, 0.5) is 11.5 Å². The van der Waals surface area contributed by atoms with Crippen molar-refractivity contribution in [1.29, 1.82) is 0 Å². The van der Waals surface area contributed by atoms with E-state index in [4.69, 9.17) is 15.6 Å². The van der Waals surface area contributed by atoms with Gasteiger partial charge < -0.3 is 25.8 Å². The van der Waals surface area contributed by atoms with Crippen LogP contribution >= 0.6 is 0 Å². The number of hydrogen-bond donors (Lipinski definition) is 3. The third kappa shape index (κ3) is 5.47. The van der Waals surface area contributed by atoms with Crippen molar-refractivity contribution < 1.29 is 19.4 Å². The number of nitrogen functional groups attached to an aromatic ring is 1. The van der Waals surface area contributed by atoms with Gasteiger partial charge in [-0.1, -0.05) is 6.07 Å². The van der Waals surface area contributed by atoms with Crippen LogP contribution < -0.4 is 15.8 Å². The van der Waals surface area contributed by atoms with Gasteiger partial charge in [0.25, 0.3) is 11.8 Å². The van der Waals surface area contributed by atoms with Crippen molar-refractivity contribution in [1.82, 2.24) is 19.7 Å². The van der Waals surface area contributed by atoms with Gasteiger partial charge in [-0.2, -0.15) is 5.10 Å². The van der Waals surface area contributed by atoms with E-state index in [9.17, 15) is 14.7 Å². The zero-order valence-electron chi connectivity index (χ0n) is 23.2. The number of nitrogens with one attached hydrogen (secondary N) is 1. The molecule has 4 N–H and O–H groups in total. The first-order valence-corrected chi connectivity index (χ1v) is 14.1. The van der Waals surface area contributed by atoms with Crippen molar-refractivity contribution in [3.63, 3.8) is 0 Å². The maximum atomic E-state index is 13.0. The lowest BCUT2D eigenvalue weighted by atomic mass is 9.89. The average Bonchev–Trinajstić information content (AvgIpc) is 3.69. The molecule has 0 radical (unpaired) electrons. The number of likely N-dealkylation sites (tertiary alicyclic amines) is 1. The highest BCUT2D eigenvalue weighted by Crippen LogP contribution is 2.36. The molecule has 2 aromatic heterocycles. The lowest BCUT2D eigenvalue weighted by molar-refractivity contribution is -0.143. The molecular formula is C31H34N6O4. The van der Waals surface area contributed by atoms with Crippen LogP contribution in [-0.2, 0) is 4.79 Å². The highest BCUT2D eigenvalue weighted by atomic mass is 16.5. The van der Waals surface area contributed by atoms with E-state index in [1.807, 2.05) is 49.4 Å². The molecule has 10 nitrogen and oxygen atoms in total. The summed E-state index contributed by atoms with van der Waals surface area (Å²) in [5.41, 5.74) is 9.76. The molecule has 2 fully saturated rings. The van der Waals surface area contributed by atoms with Gasteiger partial charge in [-0.3, -0.25) is 9.59 Å². The van der Waals surface area contributed by atoms with Crippen LogP contribution in [0.3, 0.4) is 0 Å². The van der Waals surface area contributed by atoms with Crippen molar-refractivity contribution >= 4 is 34.2 Å². The number of fused-ring (bicyclic) bond motifs is 1. The van der Waals surface area contributed by atoms with Gasteiger partial charge in [0.15, 0.2) is 0 Å². The number of anilines is 2. The van der Waals surface area contributed by atoms with E-state index in [2.05, 4.69) is 10.3 Å². The molecule has 3 heterocycles. The minimum atomic E-state index is -1.05. The number of carbonyl (C=O) groups excluding carboxylic acids is 2. The summed E-state index contributed by atoms with van der Waals surface area (Å²) in [6, 6.07) is 16.5. The normalized spacial score (nSPS) is 19.6. The van der Waals surface area contributed by atoms with E-state index in [1.165, 1.54) is 6.92 Å². The number of carbonyl (C=O) groups is 2. The number of amides is 2. The Hall–Kier alpha value is -4.44. The van der Waals surface area contributed by atoms with E-state index < -0.39 is 6.10 Å². The summed E-state index contributed by atoms with van der Waals surface area (Å²) < 4.78 is 7.59. The monoisotopic (exact) mass is 554 g/mol. The SMILES string of the molecule is CC(O)C(=O)N1C[C@H](c2nn(-c3ccc(C(=O)Nc4cccc(OC5CC5)c4)cc3)c3c(N)nccc23)CC[C@@H]1C. The van der Waals surface area contributed by atoms with Gasteiger partial charge in [0.05, 0.1) is 17.5 Å². The van der Waals surface area contributed by atoms with Crippen molar-refractivity contribution in [2.24, 2.45) is 0 Å². The Balaban J connectivity index is 1.26. The van der Waals surface area contributed by atoms with Gasteiger partial charge in [0.1, 0.15) is 23.2 Å². The largest absolute Gasteiger partial charge is 0.490 e. The molecule has 0 spiro atoms. The first-order valence-electron chi connectivity index (χ1n) is 14.1. The lowest BCUT2D eigenvalue weighted by Gasteiger charge is -2.38. The quantitative estimate of drug-likeness (QED) is 0.310. The minimum absolute atomic E-state index is 0.0239. The number of aliphatic hydroxyl groups excluding tert-OH is 1. The van der Waals surface area contributed by atoms with Gasteiger partial charge in [0.2, 0.25) is 0 Å². The molecule has 1 aliphatic carbocycles. The van der Waals surface area contributed by atoms with Gasteiger partial charge in [-0.15, -0.1) is 0 Å². The number of ether oxygens (including phenoxy) is 1. The van der Waals surface area contributed by atoms with Crippen molar-refractivity contribution in [3.8, 4) is 11.4 Å². The molecule has 2 aliphatic rings. The number of benzene rings is 2. The van der Waals surface area contributed by atoms with Crippen LogP contribution in [0, 0.1) is 0 Å². The van der Waals surface area contributed by atoms with E-state index >= 15 is 0 Å².